The standard InChI is InChI=1S/C23H21N3O3/c1-17-7-5-6-10-21(17)24-16-22(27)26-25-15-18-11-13-20(14-12-18)29-23(28)19-8-3-2-4-9-19/h2-15,24H,16H2,1H3,(H,26,27). The summed E-state index contributed by atoms with van der Waals surface area (Å²) in [5.74, 6) is -0.235. The van der Waals surface area contributed by atoms with Crippen molar-refractivity contribution < 1.29 is 14.3 Å². The van der Waals surface area contributed by atoms with Crippen LogP contribution in [0.4, 0.5) is 5.69 Å². The lowest BCUT2D eigenvalue weighted by Crippen LogP contribution is -2.26. The molecule has 0 fully saturated rings. The number of carbonyl (C=O) groups is 2. The second-order valence-corrected chi connectivity index (χ2v) is 6.29. The van der Waals surface area contributed by atoms with E-state index in [9.17, 15) is 9.59 Å². The van der Waals surface area contributed by atoms with Gasteiger partial charge in [0.25, 0.3) is 5.91 Å². The molecular formula is C23H21N3O3. The fourth-order valence-electron chi connectivity index (χ4n) is 2.53. The number of hydrazone groups is 1. The van der Waals surface area contributed by atoms with Crippen molar-refractivity contribution in [3.8, 4) is 5.75 Å². The van der Waals surface area contributed by atoms with E-state index >= 15 is 0 Å². The summed E-state index contributed by atoms with van der Waals surface area (Å²) in [6.07, 6.45) is 1.52. The molecule has 6 heteroatoms. The van der Waals surface area contributed by atoms with Crippen molar-refractivity contribution in [3.05, 3.63) is 95.6 Å². The number of hydrogen-bond acceptors (Lipinski definition) is 5. The van der Waals surface area contributed by atoms with E-state index < -0.39 is 5.97 Å². The third-order valence-corrected chi connectivity index (χ3v) is 4.09. The number of aryl methyl sites for hydroxylation is 1. The second-order valence-electron chi connectivity index (χ2n) is 6.29. The number of ether oxygens (including phenoxy) is 1. The highest BCUT2D eigenvalue weighted by Crippen LogP contribution is 2.14. The average Bonchev–Trinajstić information content (AvgIpc) is 2.75. The number of amides is 1. The minimum absolute atomic E-state index is 0.122. The molecule has 0 atom stereocenters. The van der Waals surface area contributed by atoms with Crippen LogP contribution in [-0.2, 0) is 4.79 Å². The van der Waals surface area contributed by atoms with Crippen molar-refractivity contribution in [2.45, 2.75) is 6.92 Å². The van der Waals surface area contributed by atoms with Crippen LogP contribution in [0.15, 0.2) is 84.0 Å². The topological polar surface area (TPSA) is 79.8 Å². The Balaban J connectivity index is 1.46. The maximum atomic E-state index is 12.0. The minimum atomic E-state index is -0.416. The van der Waals surface area contributed by atoms with Gasteiger partial charge in [-0.05, 0) is 60.5 Å². The molecule has 0 aromatic heterocycles. The molecule has 2 N–H and O–H groups in total. The summed E-state index contributed by atoms with van der Waals surface area (Å²) in [5.41, 5.74) is 5.69. The van der Waals surface area contributed by atoms with Crippen LogP contribution in [0.25, 0.3) is 0 Å². The van der Waals surface area contributed by atoms with Crippen LogP contribution in [0.3, 0.4) is 0 Å². The molecule has 0 spiro atoms. The molecule has 0 aliphatic rings. The van der Waals surface area contributed by atoms with E-state index in [0.717, 1.165) is 16.8 Å². The summed E-state index contributed by atoms with van der Waals surface area (Å²) in [6, 6.07) is 23.4. The minimum Gasteiger partial charge on any atom is -0.423 e. The van der Waals surface area contributed by atoms with E-state index in [4.69, 9.17) is 4.74 Å². The molecule has 3 aromatic carbocycles. The Labute approximate surface area is 169 Å². The van der Waals surface area contributed by atoms with E-state index in [2.05, 4.69) is 15.8 Å². The lowest BCUT2D eigenvalue weighted by molar-refractivity contribution is -0.119. The predicted molar refractivity (Wildman–Crippen MR) is 113 cm³/mol. The van der Waals surface area contributed by atoms with Crippen LogP contribution < -0.4 is 15.5 Å². The van der Waals surface area contributed by atoms with Crippen LogP contribution in [0.1, 0.15) is 21.5 Å². The number of rotatable bonds is 7. The van der Waals surface area contributed by atoms with Crippen molar-refractivity contribution >= 4 is 23.8 Å². The van der Waals surface area contributed by atoms with Crippen LogP contribution in [-0.4, -0.2) is 24.6 Å². The Morgan fingerprint density at radius 1 is 0.931 bits per heavy atom. The van der Waals surface area contributed by atoms with E-state index in [1.165, 1.54) is 6.21 Å². The number of esters is 1. The highest BCUT2D eigenvalue weighted by Gasteiger charge is 2.07. The number of anilines is 1. The van der Waals surface area contributed by atoms with Gasteiger partial charge in [-0.1, -0.05) is 36.4 Å². The molecule has 146 valence electrons. The van der Waals surface area contributed by atoms with Gasteiger partial charge in [-0.15, -0.1) is 0 Å². The Hall–Kier alpha value is -3.93. The van der Waals surface area contributed by atoms with Gasteiger partial charge >= 0.3 is 5.97 Å². The van der Waals surface area contributed by atoms with Gasteiger partial charge in [0.1, 0.15) is 5.75 Å². The SMILES string of the molecule is Cc1ccccc1NCC(=O)NN=Cc1ccc(OC(=O)c2ccccc2)cc1. The van der Waals surface area contributed by atoms with E-state index in [1.807, 2.05) is 37.3 Å². The Bertz CT molecular complexity index is 999. The molecule has 0 aliphatic carbocycles. The number of carbonyl (C=O) groups excluding carboxylic acids is 2. The molecule has 0 aliphatic heterocycles. The quantitative estimate of drug-likeness (QED) is 0.280. The van der Waals surface area contributed by atoms with Crippen molar-refractivity contribution in [1.29, 1.82) is 0 Å². The summed E-state index contributed by atoms with van der Waals surface area (Å²) >= 11 is 0. The number of hydrogen-bond donors (Lipinski definition) is 2. The van der Waals surface area contributed by atoms with Crippen molar-refractivity contribution in [1.82, 2.24) is 5.43 Å². The number of benzene rings is 3. The third-order valence-electron chi connectivity index (χ3n) is 4.09. The first-order valence-corrected chi connectivity index (χ1v) is 9.10. The van der Waals surface area contributed by atoms with Crippen LogP contribution in [0.2, 0.25) is 0 Å². The highest BCUT2D eigenvalue weighted by atomic mass is 16.5. The highest BCUT2D eigenvalue weighted by molar-refractivity contribution is 5.91. The van der Waals surface area contributed by atoms with Gasteiger partial charge in [0, 0.05) is 5.69 Å². The van der Waals surface area contributed by atoms with Gasteiger partial charge < -0.3 is 10.1 Å². The van der Waals surface area contributed by atoms with Crippen molar-refractivity contribution in [2.24, 2.45) is 5.10 Å². The van der Waals surface area contributed by atoms with Gasteiger partial charge in [-0.2, -0.15) is 5.10 Å². The molecular weight excluding hydrogens is 366 g/mol. The summed E-state index contributed by atoms with van der Waals surface area (Å²) in [7, 11) is 0. The first-order chi connectivity index (χ1) is 14.1. The average molecular weight is 387 g/mol. The Morgan fingerprint density at radius 3 is 2.34 bits per heavy atom. The first-order valence-electron chi connectivity index (χ1n) is 9.10. The van der Waals surface area contributed by atoms with Gasteiger partial charge in [-0.3, -0.25) is 4.79 Å². The molecule has 0 saturated carbocycles. The van der Waals surface area contributed by atoms with Gasteiger partial charge in [0.05, 0.1) is 18.3 Å². The third kappa shape index (κ3) is 6.04. The number of para-hydroxylation sites is 1. The molecule has 6 nitrogen and oxygen atoms in total. The zero-order chi connectivity index (χ0) is 20.5. The largest absolute Gasteiger partial charge is 0.423 e. The van der Waals surface area contributed by atoms with Gasteiger partial charge in [-0.25, -0.2) is 10.2 Å². The summed E-state index contributed by atoms with van der Waals surface area (Å²) in [6.45, 7) is 2.09. The monoisotopic (exact) mass is 387 g/mol. The van der Waals surface area contributed by atoms with Crippen molar-refractivity contribution in [2.75, 3.05) is 11.9 Å². The molecule has 0 unspecified atom stereocenters. The maximum Gasteiger partial charge on any atom is 0.343 e. The zero-order valence-corrected chi connectivity index (χ0v) is 16.0. The van der Waals surface area contributed by atoms with Crippen molar-refractivity contribution in [3.63, 3.8) is 0 Å². The number of nitrogens with zero attached hydrogens (tertiary/aromatic N) is 1. The van der Waals surface area contributed by atoms with Crippen LogP contribution >= 0.6 is 0 Å². The fraction of sp³-hybridized carbons (Fsp3) is 0.0870. The normalized spacial score (nSPS) is 10.5. The molecule has 0 saturated heterocycles. The van der Waals surface area contributed by atoms with E-state index in [1.54, 1.807) is 48.5 Å². The van der Waals surface area contributed by atoms with Gasteiger partial charge in [0.2, 0.25) is 0 Å². The molecule has 3 rings (SSSR count). The van der Waals surface area contributed by atoms with E-state index in [0.29, 0.717) is 11.3 Å². The molecule has 0 bridgehead atoms. The number of nitrogens with one attached hydrogen (secondary N) is 2. The van der Waals surface area contributed by atoms with E-state index in [-0.39, 0.29) is 12.5 Å². The lowest BCUT2D eigenvalue weighted by Gasteiger charge is -2.07. The summed E-state index contributed by atoms with van der Waals surface area (Å²) < 4.78 is 5.32. The van der Waals surface area contributed by atoms with Crippen LogP contribution in [0, 0.1) is 6.92 Å². The fourth-order valence-corrected chi connectivity index (χ4v) is 2.53. The zero-order valence-electron chi connectivity index (χ0n) is 16.0. The second kappa shape index (κ2) is 9.85. The van der Waals surface area contributed by atoms with Gasteiger partial charge in [0.15, 0.2) is 0 Å². The smallest absolute Gasteiger partial charge is 0.343 e. The molecule has 1 amide bonds. The lowest BCUT2D eigenvalue weighted by atomic mass is 10.2. The summed E-state index contributed by atoms with van der Waals surface area (Å²) in [5, 5.41) is 7.01. The van der Waals surface area contributed by atoms with Crippen LogP contribution in [0.5, 0.6) is 5.75 Å². The summed E-state index contributed by atoms with van der Waals surface area (Å²) in [4.78, 5) is 23.9. The first kappa shape index (κ1) is 19.8. The predicted octanol–water partition coefficient (Wildman–Crippen LogP) is 3.78. The molecule has 29 heavy (non-hydrogen) atoms. The molecule has 3 aromatic rings. The Morgan fingerprint density at radius 2 is 1.62 bits per heavy atom. The molecule has 0 heterocycles. The maximum absolute atomic E-state index is 12.0. The Kier molecular flexibility index (Phi) is 6.73. The molecule has 0 radical (unpaired) electrons.